The van der Waals surface area contributed by atoms with Crippen LogP contribution in [0.25, 0.3) is 15.7 Å². The van der Waals surface area contributed by atoms with Crippen LogP contribution in [0, 0.1) is 11.3 Å². The summed E-state index contributed by atoms with van der Waals surface area (Å²) in [5.41, 5.74) is 2.31. The molecule has 78 valence electrons. The van der Waals surface area contributed by atoms with E-state index in [1.165, 1.54) is 7.11 Å². The number of thiophene rings is 1. The number of nitrogens with zero attached hydrogens (tertiary/aromatic N) is 2. The third-order valence-corrected chi connectivity index (χ3v) is 3.44. The molecule has 2 rings (SSSR count). The molecule has 0 atom stereocenters. The van der Waals surface area contributed by atoms with Crippen LogP contribution in [-0.4, -0.2) is 19.9 Å². The highest BCUT2D eigenvalue weighted by Gasteiger charge is 2.10. The fourth-order valence-electron chi connectivity index (χ4n) is 1.39. The monoisotopic (exact) mass is 228 g/mol. The molecule has 5 heteroatoms. The number of aromatic nitrogens is 1. The summed E-state index contributed by atoms with van der Waals surface area (Å²) in [5, 5.41) is 8.94. The van der Waals surface area contributed by atoms with Gasteiger partial charge in [-0.25, -0.2) is 4.98 Å². The van der Waals surface area contributed by atoms with Gasteiger partial charge in [-0.15, -0.1) is 17.9 Å². The highest BCUT2D eigenvalue weighted by atomic mass is 32.1. The molecule has 0 unspecified atom stereocenters. The minimum absolute atomic E-state index is 0.376. The summed E-state index contributed by atoms with van der Waals surface area (Å²) in [6.45, 7) is 3.89. The lowest BCUT2D eigenvalue weighted by molar-refractivity contribution is 0.398. The predicted octanol–water partition coefficient (Wildman–Crippen LogP) is 1.78. The van der Waals surface area contributed by atoms with Crippen molar-refractivity contribution in [2.45, 2.75) is 0 Å². The van der Waals surface area contributed by atoms with E-state index in [0.29, 0.717) is 11.4 Å². The summed E-state index contributed by atoms with van der Waals surface area (Å²) in [4.78, 5) is 5.38. The lowest BCUT2D eigenvalue weighted by atomic mass is 9.96. The van der Waals surface area contributed by atoms with E-state index >= 15 is 0 Å². The topological polar surface area (TPSA) is 45.9 Å². The van der Waals surface area contributed by atoms with Crippen LogP contribution in [0.1, 0.15) is 10.4 Å². The fraction of sp³-hybridized carbons (Fsp3) is 0.0909. The molecule has 0 radical (unpaired) electrons. The van der Waals surface area contributed by atoms with Crippen molar-refractivity contribution in [1.29, 1.82) is 5.26 Å². The molecule has 2 aromatic heterocycles. The number of hydrogen-bond acceptors (Lipinski definition) is 4. The van der Waals surface area contributed by atoms with E-state index in [4.69, 9.17) is 10.00 Å². The van der Waals surface area contributed by atoms with Gasteiger partial charge in [0.05, 0.1) is 17.3 Å². The Morgan fingerprint density at radius 3 is 2.94 bits per heavy atom. The first-order chi connectivity index (χ1) is 7.65. The quantitative estimate of drug-likeness (QED) is 0.736. The van der Waals surface area contributed by atoms with E-state index in [2.05, 4.69) is 17.6 Å². The molecule has 2 heterocycles. The molecule has 0 bridgehead atoms. The van der Waals surface area contributed by atoms with Gasteiger partial charge in [0, 0.05) is 4.88 Å². The lowest BCUT2D eigenvalue weighted by Crippen LogP contribution is -1.90. The molecule has 0 spiro atoms. The Balaban J connectivity index is 2.70. The van der Waals surface area contributed by atoms with Crippen LogP contribution in [0.4, 0.5) is 0 Å². The average Bonchev–Trinajstić information content (AvgIpc) is 2.69. The zero-order valence-corrected chi connectivity index (χ0v) is 9.89. The maximum atomic E-state index is 8.94. The predicted molar refractivity (Wildman–Crippen MR) is 68.5 cm³/mol. The van der Waals surface area contributed by atoms with Gasteiger partial charge in [-0.3, -0.25) is 0 Å². The van der Waals surface area contributed by atoms with Gasteiger partial charge >= 0.3 is 0 Å². The molecule has 0 aromatic carbocycles. The molecule has 0 N–H and O–H groups in total. The molecule has 0 saturated heterocycles. The number of ether oxygens (including phenoxy) is 1. The summed E-state index contributed by atoms with van der Waals surface area (Å²) >= 11 is 1.59. The first kappa shape index (κ1) is 10.7. The van der Waals surface area contributed by atoms with Crippen molar-refractivity contribution in [3.63, 3.8) is 0 Å². The van der Waals surface area contributed by atoms with Crippen molar-refractivity contribution >= 4 is 34.9 Å². The Morgan fingerprint density at radius 2 is 2.38 bits per heavy atom. The van der Waals surface area contributed by atoms with Crippen LogP contribution in [-0.2, 0) is 0 Å². The third-order valence-electron chi connectivity index (χ3n) is 2.20. The van der Waals surface area contributed by atoms with Gasteiger partial charge in [-0.1, -0.05) is 5.47 Å². The van der Waals surface area contributed by atoms with Gasteiger partial charge in [-0.2, -0.15) is 5.26 Å². The van der Waals surface area contributed by atoms with E-state index in [1.807, 2.05) is 13.9 Å². The summed E-state index contributed by atoms with van der Waals surface area (Å²) < 4.78 is 6.04. The maximum absolute atomic E-state index is 8.94. The Morgan fingerprint density at radius 1 is 1.62 bits per heavy atom. The van der Waals surface area contributed by atoms with Gasteiger partial charge < -0.3 is 4.74 Å². The van der Waals surface area contributed by atoms with Gasteiger partial charge in [-0.05, 0) is 12.1 Å². The zero-order chi connectivity index (χ0) is 11.7. The highest BCUT2D eigenvalue weighted by Crippen LogP contribution is 2.30. The number of pyridine rings is 1. The van der Waals surface area contributed by atoms with Crippen LogP contribution >= 0.6 is 11.3 Å². The maximum Gasteiger partial charge on any atom is 0.232 e. The van der Waals surface area contributed by atoms with E-state index in [1.54, 1.807) is 17.4 Å². The van der Waals surface area contributed by atoms with Crippen LogP contribution in [0.3, 0.4) is 0 Å². The average molecular weight is 228 g/mol. The standard InChI is InChI=1S/C11H9BN2OS/c1-6(12)9-4-8-10(16-9)3-7(5-13)11(14-8)15-2/h3-4H,1,12H2,2H3. The fourth-order valence-corrected chi connectivity index (χ4v) is 2.36. The van der Waals surface area contributed by atoms with Crippen molar-refractivity contribution in [3.05, 3.63) is 29.2 Å². The molecule has 2 aromatic rings. The Kier molecular flexibility index (Phi) is 2.67. The van der Waals surface area contributed by atoms with E-state index in [-0.39, 0.29) is 0 Å². The minimum atomic E-state index is 0.376. The molecule has 0 fully saturated rings. The van der Waals surface area contributed by atoms with Crippen molar-refractivity contribution in [2.75, 3.05) is 7.11 Å². The Bertz CT molecular complexity index is 612. The van der Waals surface area contributed by atoms with E-state index in [9.17, 15) is 0 Å². The molecular formula is C11H9BN2OS. The molecule has 0 aliphatic rings. The minimum Gasteiger partial charge on any atom is -0.480 e. The first-order valence-electron chi connectivity index (χ1n) is 4.70. The van der Waals surface area contributed by atoms with Crippen molar-refractivity contribution < 1.29 is 4.74 Å². The largest absolute Gasteiger partial charge is 0.480 e. The number of hydrogen-bond donors (Lipinski definition) is 0. The first-order valence-corrected chi connectivity index (χ1v) is 5.52. The SMILES string of the molecule is BC(=C)c1cc2nc(OC)c(C#N)cc2s1. The Labute approximate surface area is 98.4 Å². The lowest BCUT2D eigenvalue weighted by Gasteiger charge is -1.99. The molecule has 3 nitrogen and oxygen atoms in total. The van der Waals surface area contributed by atoms with Gasteiger partial charge in [0.15, 0.2) is 0 Å². The second-order valence-electron chi connectivity index (χ2n) is 3.43. The summed E-state index contributed by atoms with van der Waals surface area (Å²) in [6, 6.07) is 5.84. The second kappa shape index (κ2) is 3.99. The van der Waals surface area contributed by atoms with Crippen LogP contribution in [0.2, 0.25) is 0 Å². The highest BCUT2D eigenvalue weighted by molar-refractivity contribution is 7.20. The number of fused-ring (bicyclic) bond motifs is 1. The van der Waals surface area contributed by atoms with Crippen molar-refractivity contribution in [1.82, 2.24) is 4.98 Å². The van der Waals surface area contributed by atoms with Crippen LogP contribution in [0.15, 0.2) is 18.7 Å². The molecule has 16 heavy (non-hydrogen) atoms. The van der Waals surface area contributed by atoms with Gasteiger partial charge in [0.1, 0.15) is 19.5 Å². The van der Waals surface area contributed by atoms with Crippen molar-refractivity contribution in [3.8, 4) is 11.9 Å². The Hall–Kier alpha value is -1.80. The number of rotatable bonds is 2. The summed E-state index contributed by atoms with van der Waals surface area (Å²) in [7, 11) is 3.47. The summed E-state index contributed by atoms with van der Waals surface area (Å²) in [6.07, 6.45) is 0. The molecule has 0 saturated carbocycles. The molecular weight excluding hydrogens is 219 g/mol. The molecule has 0 aliphatic carbocycles. The van der Waals surface area contributed by atoms with Gasteiger partial charge in [0.2, 0.25) is 5.88 Å². The zero-order valence-electron chi connectivity index (χ0n) is 9.07. The second-order valence-corrected chi connectivity index (χ2v) is 4.52. The van der Waals surface area contributed by atoms with Crippen LogP contribution < -0.4 is 4.74 Å². The number of nitriles is 1. The third kappa shape index (κ3) is 1.68. The van der Waals surface area contributed by atoms with E-state index in [0.717, 1.165) is 20.6 Å². The van der Waals surface area contributed by atoms with Crippen LogP contribution in [0.5, 0.6) is 5.88 Å². The van der Waals surface area contributed by atoms with E-state index < -0.39 is 0 Å². The normalized spacial score (nSPS) is 10.0. The smallest absolute Gasteiger partial charge is 0.232 e. The molecule has 0 aliphatic heterocycles. The van der Waals surface area contributed by atoms with Crippen molar-refractivity contribution in [2.24, 2.45) is 0 Å². The number of methoxy groups -OCH3 is 1. The van der Waals surface area contributed by atoms with Gasteiger partial charge in [0.25, 0.3) is 0 Å². The molecule has 0 amide bonds. The summed E-state index contributed by atoms with van der Waals surface area (Å²) in [5.74, 6) is 0.376.